The predicted molar refractivity (Wildman–Crippen MR) is 145 cm³/mol. The van der Waals surface area contributed by atoms with Gasteiger partial charge in [0.05, 0.1) is 17.6 Å². The number of benzene rings is 4. The highest BCUT2D eigenvalue weighted by molar-refractivity contribution is 7.92. The molecule has 4 aromatic rings. The summed E-state index contributed by atoms with van der Waals surface area (Å²) < 4.78 is 34.3. The molecule has 0 saturated carbocycles. The van der Waals surface area contributed by atoms with E-state index in [-0.39, 0.29) is 17.4 Å². The summed E-state index contributed by atoms with van der Waals surface area (Å²) in [6.45, 7) is 5.95. The van der Waals surface area contributed by atoms with Crippen LogP contribution in [-0.2, 0) is 10.0 Å². The van der Waals surface area contributed by atoms with Crippen molar-refractivity contribution in [2.24, 2.45) is 0 Å². The third-order valence-corrected chi connectivity index (χ3v) is 7.25. The van der Waals surface area contributed by atoms with E-state index >= 15 is 0 Å². The number of hydrogen-bond acceptors (Lipinski definition) is 4. The van der Waals surface area contributed by atoms with Gasteiger partial charge in [-0.1, -0.05) is 72.8 Å². The Balaban J connectivity index is 1.62. The number of rotatable bonds is 10. The molecule has 0 aliphatic rings. The monoisotopic (exact) mass is 499 g/mol. The van der Waals surface area contributed by atoms with Gasteiger partial charge in [-0.05, 0) is 65.6 Å². The number of nitrogens with one attached hydrogen (secondary N) is 1. The van der Waals surface area contributed by atoms with Crippen LogP contribution in [0.4, 0.5) is 5.69 Å². The molecule has 0 aromatic heterocycles. The smallest absolute Gasteiger partial charge is 0.261 e. The third kappa shape index (κ3) is 6.22. The Morgan fingerprint density at radius 1 is 0.889 bits per heavy atom. The van der Waals surface area contributed by atoms with Crippen LogP contribution in [0.15, 0.2) is 121 Å². The van der Waals surface area contributed by atoms with Gasteiger partial charge in [0.25, 0.3) is 10.0 Å². The molecule has 2 atom stereocenters. The fourth-order valence-corrected chi connectivity index (χ4v) is 5.09. The molecule has 0 spiro atoms. The zero-order valence-electron chi connectivity index (χ0n) is 20.0. The van der Waals surface area contributed by atoms with E-state index in [1.807, 2.05) is 73.7 Å². The standard InChI is InChI=1S/C30H29NO4S/c1-3-30(32)29(21-35-27-13-6-4-7-14-27)24-12-10-11-23(19-24)25-17-22(2)18-26(20-25)31-36(33,34)28-15-8-5-9-16-28/h3-20,29-32H,1,21H2,2H3. The lowest BCUT2D eigenvalue weighted by Gasteiger charge is -2.22. The molecule has 0 aliphatic carbocycles. The normalized spacial score (nSPS) is 12.9. The van der Waals surface area contributed by atoms with E-state index in [0.29, 0.717) is 5.69 Å². The minimum atomic E-state index is -3.71. The van der Waals surface area contributed by atoms with Crippen molar-refractivity contribution in [2.45, 2.75) is 23.8 Å². The second kappa shape index (κ2) is 11.2. The van der Waals surface area contributed by atoms with Gasteiger partial charge in [0.2, 0.25) is 0 Å². The van der Waals surface area contributed by atoms with E-state index in [9.17, 15) is 13.5 Å². The average molecular weight is 500 g/mol. The van der Waals surface area contributed by atoms with Crippen molar-refractivity contribution >= 4 is 15.7 Å². The Kier molecular flexibility index (Phi) is 7.88. The number of aliphatic hydroxyl groups excluding tert-OH is 1. The number of aryl methyl sites for hydroxylation is 1. The van der Waals surface area contributed by atoms with Gasteiger partial charge in [-0.15, -0.1) is 6.58 Å². The summed E-state index contributed by atoms with van der Waals surface area (Å²) >= 11 is 0. The van der Waals surface area contributed by atoms with Gasteiger partial charge in [-0.25, -0.2) is 8.42 Å². The van der Waals surface area contributed by atoms with Crippen LogP contribution < -0.4 is 9.46 Å². The van der Waals surface area contributed by atoms with Gasteiger partial charge >= 0.3 is 0 Å². The Labute approximate surface area is 212 Å². The SMILES string of the molecule is C=CC(O)C(COc1ccccc1)c1cccc(-c2cc(C)cc(NS(=O)(=O)c3ccccc3)c2)c1. The molecule has 4 aromatic carbocycles. The van der Waals surface area contributed by atoms with E-state index in [2.05, 4.69) is 11.3 Å². The van der Waals surface area contributed by atoms with E-state index in [0.717, 1.165) is 28.0 Å². The molecular formula is C30H29NO4S. The molecule has 36 heavy (non-hydrogen) atoms. The highest BCUT2D eigenvalue weighted by atomic mass is 32.2. The number of para-hydroxylation sites is 1. The summed E-state index contributed by atoms with van der Waals surface area (Å²) in [4.78, 5) is 0.203. The maximum Gasteiger partial charge on any atom is 0.261 e. The average Bonchev–Trinajstić information content (AvgIpc) is 2.89. The quantitative estimate of drug-likeness (QED) is 0.256. The first-order chi connectivity index (χ1) is 17.4. The molecule has 0 radical (unpaired) electrons. The Bertz CT molecular complexity index is 1420. The maximum absolute atomic E-state index is 12.8. The van der Waals surface area contributed by atoms with Crippen molar-refractivity contribution in [2.75, 3.05) is 11.3 Å². The van der Waals surface area contributed by atoms with Gasteiger partial charge in [0, 0.05) is 11.6 Å². The van der Waals surface area contributed by atoms with Gasteiger partial charge in [-0.2, -0.15) is 0 Å². The van der Waals surface area contributed by atoms with Crippen LogP contribution in [0.25, 0.3) is 11.1 Å². The van der Waals surface area contributed by atoms with Crippen molar-refractivity contribution in [3.05, 3.63) is 127 Å². The summed E-state index contributed by atoms with van der Waals surface area (Å²) in [5.74, 6) is 0.396. The van der Waals surface area contributed by atoms with Crippen LogP contribution in [0.1, 0.15) is 17.0 Å². The third-order valence-electron chi connectivity index (χ3n) is 5.86. The summed E-state index contributed by atoms with van der Waals surface area (Å²) in [6.07, 6.45) is 0.712. The number of sulfonamides is 1. The molecule has 0 fully saturated rings. The van der Waals surface area contributed by atoms with E-state index in [4.69, 9.17) is 4.74 Å². The highest BCUT2D eigenvalue weighted by Crippen LogP contribution is 2.30. The first kappa shape index (κ1) is 25.2. The molecule has 0 bridgehead atoms. The molecule has 0 amide bonds. The maximum atomic E-state index is 12.8. The fraction of sp³-hybridized carbons (Fsp3) is 0.133. The van der Waals surface area contributed by atoms with Crippen LogP contribution in [0.5, 0.6) is 5.75 Å². The zero-order valence-corrected chi connectivity index (χ0v) is 20.9. The van der Waals surface area contributed by atoms with Crippen LogP contribution in [-0.4, -0.2) is 26.2 Å². The van der Waals surface area contributed by atoms with Crippen molar-refractivity contribution < 1.29 is 18.3 Å². The predicted octanol–water partition coefficient (Wildman–Crippen LogP) is 6.17. The first-order valence-electron chi connectivity index (χ1n) is 11.6. The second-order valence-corrected chi connectivity index (χ2v) is 10.3. The van der Waals surface area contributed by atoms with E-state index in [1.54, 1.807) is 36.4 Å². The summed E-state index contributed by atoms with van der Waals surface area (Å²) in [6, 6.07) is 31.2. The lowest BCUT2D eigenvalue weighted by molar-refractivity contribution is 0.151. The Hall–Kier alpha value is -3.87. The molecule has 6 heteroatoms. The number of anilines is 1. The van der Waals surface area contributed by atoms with Crippen molar-refractivity contribution in [1.29, 1.82) is 0 Å². The summed E-state index contributed by atoms with van der Waals surface area (Å²) in [7, 11) is -3.71. The highest BCUT2D eigenvalue weighted by Gasteiger charge is 2.21. The van der Waals surface area contributed by atoms with Crippen molar-refractivity contribution in [1.82, 2.24) is 0 Å². The zero-order chi connectivity index (χ0) is 25.5. The lowest BCUT2D eigenvalue weighted by atomic mass is 9.91. The number of aliphatic hydroxyl groups is 1. The molecule has 184 valence electrons. The van der Waals surface area contributed by atoms with E-state index < -0.39 is 16.1 Å². The summed E-state index contributed by atoms with van der Waals surface area (Å²) in [5.41, 5.74) is 4.05. The molecule has 2 N–H and O–H groups in total. The Morgan fingerprint density at radius 3 is 2.28 bits per heavy atom. The lowest BCUT2D eigenvalue weighted by Crippen LogP contribution is -2.22. The molecule has 0 aliphatic heterocycles. The summed E-state index contributed by atoms with van der Waals surface area (Å²) in [5, 5.41) is 10.7. The van der Waals surface area contributed by atoms with Gasteiger partial charge in [0.1, 0.15) is 5.75 Å². The minimum absolute atomic E-state index is 0.203. The largest absolute Gasteiger partial charge is 0.493 e. The van der Waals surface area contributed by atoms with Crippen LogP contribution in [0, 0.1) is 6.92 Å². The second-order valence-electron chi connectivity index (χ2n) is 8.59. The molecule has 5 nitrogen and oxygen atoms in total. The molecule has 2 unspecified atom stereocenters. The number of ether oxygens (including phenoxy) is 1. The molecule has 0 heterocycles. The van der Waals surface area contributed by atoms with E-state index in [1.165, 1.54) is 6.08 Å². The number of hydrogen-bond donors (Lipinski definition) is 2. The van der Waals surface area contributed by atoms with Crippen molar-refractivity contribution in [3.63, 3.8) is 0 Å². The van der Waals surface area contributed by atoms with Crippen LogP contribution >= 0.6 is 0 Å². The molecule has 0 saturated heterocycles. The van der Waals surface area contributed by atoms with Crippen molar-refractivity contribution in [3.8, 4) is 16.9 Å². The van der Waals surface area contributed by atoms with Gasteiger partial charge in [-0.3, -0.25) is 4.72 Å². The van der Waals surface area contributed by atoms with Crippen LogP contribution in [0.2, 0.25) is 0 Å². The minimum Gasteiger partial charge on any atom is -0.493 e. The topological polar surface area (TPSA) is 75.6 Å². The fourth-order valence-electron chi connectivity index (χ4n) is 4.03. The van der Waals surface area contributed by atoms with Gasteiger partial charge in [0.15, 0.2) is 0 Å². The van der Waals surface area contributed by atoms with Gasteiger partial charge < -0.3 is 9.84 Å². The first-order valence-corrected chi connectivity index (χ1v) is 13.1. The molecule has 4 rings (SSSR count). The van der Waals surface area contributed by atoms with Crippen LogP contribution in [0.3, 0.4) is 0 Å². The molecular weight excluding hydrogens is 470 g/mol. The Morgan fingerprint density at radius 2 is 1.58 bits per heavy atom.